The van der Waals surface area contributed by atoms with Crippen LogP contribution in [0.1, 0.15) is 6.92 Å². The van der Waals surface area contributed by atoms with Crippen LogP contribution in [0, 0.1) is 0 Å². The maximum Gasteiger partial charge on any atom is 0.231 e. The van der Waals surface area contributed by atoms with E-state index < -0.39 is 0 Å². The summed E-state index contributed by atoms with van der Waals surface area (Å²) < 4.78 is 10.7. The van der Waals surface area contributed by atoms with E-state index in [1.807, 2.05) is 19.1 Å². The van der Waals surface area contributed by atoms with Crippen molar-refractivity contribution in [1.29, 1.82) is 0 Å². The van der Waals surface area contributed by atoms with Crippen LogP contribution in [0.15, 0.2) is 12.2 Å². The molecule has 0 aliphatic heterocycles. The third-order valence-corrected chi connectivity index (χ3v) is 2.34. The van der Waals surface area contributed by atoms with E-state index in [0.717, 1.165) is 0 Å². The molecule has 1 rings (SSSR count). The predicted molar refractivity (Wildman–Crippen MR) is 56.3 cm³/mol. The van der Waals surface area contributed by atoms with Gasteiger partial charge in [-0.1, -0.05) is 12.2 Å². The molecule has 5 nitrogen and oxygen atoms in total. The number of amides is 1. The molecule has 0 saturated heterocycles. The van der Waals surface area contributed by atoms with E-state index in [9.17, 15) is 4.79 Å². The fraction of sp³-hybridized carbons (Fsp3) is 0.700. The minimum atomic E-state index is -0.382. The van der Waals surface area contributed by atoms with Crippen molar-refractivity contribution in [1.82, 2.24) is 5.32 Å². The van der Waals surface area contributed by atoms with Gasteiger partial charge in [-0.3, -0.25) is 4.79 Å². The van der Waals surface area contributed by atoms with Gasteiger partial charge in [-0.05, 0) is 6.92 Å². The van der Waals surface area contributed by atoms with Crippen molar-refractivity contribution in [2.45, 2.75) is 25.2 Å². The van der Waals surface area contributed by atoms with E-state index in [-0.39, 0.29) is 30.7 Å². The fourth-order valence-electron chi connectivity index (χ4n) is 1.67. The SMILES string of the molecule is CCO[C@H]1C=C[C@@H](OC)[C@@H]1NCC(N)=O. The average Bonchev–Trinajstić information content (AvgIpc) is 2.58. The van der Waals surface area contributed by atoms with Crippen molar-refractivity contribution in [3.05, 3.63) is 12.2 Å². The van der Waals surface area contributed by atoms with Crippen LogP contribution in [0.5, 0.6) is 0 Å². The fourth-order valence-corrected chi connectivity index (χ4v) is 1.67. The smallest absolute Gasteiger partial charge is 0.231 e. The second-order valence-electron chi connectivity index (χ2n) is 3.38. The Morgan fingerprint density at radius 3 is 2.67 bits per heavy atom. The normalized spacial score (nSPS) is 29.6. The molecule has 0 unspecified atom stereocenters. The van der Waals surface area contributed by atoms with Gasteiger partial charge in [-0.25, -0.2) is 0 Å². The third-order valence-electron chi connectivity index (χ3n) is 2.34. The van der Waals surface area contributed by atoms with Crippen LogP contribution < -0.4 is 11.1 Å². The van der Waals surface area contributed by atoms with Gasteiger partial charge in [0, 0.05) is 13.7 Å². The van der Waals surface area contributed by atoms with Gasteiger partial charge in [0.25, 0.3) is 0 Å². The van der Waals surface area contributed by atoms with E-state index in [2.05, 4.69) is 5.32 Å². The van der Waals surface area contributed by atoms with E-state index in [1.54, 1.807) is 7.11 Å². The summed E-state index contributed by atoms with van der Waals surface area (Å²) >= 11 is 0. The molecule has 0 aromatic rings. The molecule has 5 heteroatoms. The van der Waals surface area contributed by atoms with Crippen molar-refractivity contribution < 1.29 is 14.3 Å². The number of carbonyl (C=O) groups excluding carboxylic acids is 1. The summed E-state index contributed by atoms with van der Waals surface area (Å²) in [4.78, 5) is 10.7. The Hall–Kier alpha value is -0.910. The highest BCUT2D eigenvalue weighted by molar-refractivity contribution is 5.75. The lowest BCUT2D eigenvalue weighted by Crippen LogP contribution is -2.48. The van der Waals surface area contributed by atoms with Crippen molar-refractivity contribution >= 4 is 5.91 Å². The molecule has 1 aliphatic carbocycles. The molecule has 0 saturated carbocycles. The van der Waals surface area contributed by atoms with Crippen LogP contribution in [0.25, 0.3) is 0 Å². The zero-order valence-electron chi connectivity index (χ0n) is 9.10. The summed E-state index contributed by atoms with van der Waals surface area (Å²) in [5, 5.41) is 3.03. The molecule has 15 heavy (non-hydrogen) atoms. The van der Waals surface area contributed by atoms with E-state index in [4.69, 9.17) is 15.2 Å². The number of methoxy groups -OCH3 is 1. The van der Waals surface area contributed by atoms with E-state index in [0.29, 0.717) is 6.61 Å². The number of hydrogen-bond acceptors (Lipinski definition) is 4. The van der Waals surface area contributed by atoms with Gasteiger partial charge in [0.15, 0.2) is 0 Å². The Kier molecular flexibility index (Phi) is 4.74. The summed E-state index contributed by atoms with van der Waals surface area (Å²) in [6.07, 6.45) is 3.75. The molecule has 3 atom stereocenters. The Morgan fingerprint density at radius 1 is 1.47 bits per heavy atom. The first-order valence-electron chi connectivity index (χ1n) is 5.03. The minimum absolute atomic E-state index is 0.0394. The van der Waals surface area contributed by atoms with Crippen molar-refractivity contribution in [3.8, 4) is 0 Å². The molecular formula is C10H18N2O3. The average molecular weight is 214 g/mol. The van der Waals surface area contributed by atoms with Crippen LogP contribution in [0.4, 0.5) is 0 Å². The number of ether oxygens (including phenoxy) is 2. The first-order chi connectivity index (χ1) is 7.19. The lowest BCUT2D eigenvalue weighted by atomic mass is 10.1. The number of primary amides is 1. The van der Waals surface area contributed by atoms with Gasteiger partial charge >= 0.3 is 0 Å². The van der Waals surface area contributed by atoms with Gasteiger partial charge in [0.2, 0.25) is 5.91 Å². The zero-order valence-corrected chi connectivity index (χ0v) is 9.10. The third kappa shape index (κ3) is 3.30. The van der Waals surface area contributed by atoms with Gasteiger partial charge in [-0.15, -0.1) is 0 Å². The van der Waals surface area contributed by atoms with Gasteiger partial charge in [-0.2, -0.15) is 0 Å². The number of hydrogen-bond donors (Lipinski definition) is 2. The monoisotopic (exact) mass is 214 g/mol. The Bertz CT molecular complexity index is 243. The topological polar surface area (TPSA) is 73.6 Å². The van der Waals surface area contributed by atoms with E-state index >= 15 is 0 Å². The maximum absolute atomic E-state index is 10.7. The number of nitrogens with two attached hydrogens (primary N) is 1. The lowest BCUT2D eigenvalue weighted by molar-refractivity contribution is -0.117. The molecular weight excluding hydrogens is 196 g/mol. The highest BCUT2D eigenvalue weighted by Crippen LogP contribution is 2.17. The standard InChI is InChI=1S/C10H18N2O3/c1-3-15-8-5-4-7(14-2)10(8)12-6-9(11)13/h4-5,7-8,10,12H,3,6H2,1-2H3,(H2,11,13)/t7-,8+,10+/m1/s1. The summed E-state index contributed by atoms with van der Waals surface area (Å²) in [5.41, 5.74) is 5.07. The van der Waals surface area contributed by atoms with Crippen LogP contribution in [0.3, 0.4) is 0 Å². The summed E-state index contributed by atoms with van der Waals surface area (Å²) in [6.45, 7) is 2.69. The van der Waals surface area contributed by atoms with Gasteiger partial charge in [0.1, 0.15) is 0 Å². The summed E-state index contributed by atoms with van der Waals surface area (Å²) in [7, 11) is 1.63. The Balaban J connectivity index is 2.50. The van der Waals surface area contributed by atoms with Crippen molar-refractivity contribution in [3.63, 3.8) is 0 Å². The Morgan fingerprint density at radius 2 is 2.13 bits per heavy atom. The van der Waals surface area contributed by atoms with Gasteiger partial charge < -0.3 is 20.5 Å². The minimum Gasteiger partial charge on any atom is -0.376 e. The maximum atomic E-state index is 10.7. The van der Waals surface area contributed by atoms with Crippen LogP contribution in [-0.2, 0) is 14.3 Å². The second kappa shape index (κ2) is 5.85. The number of nitrogens with one attached hydrogen (secondary N) is 1. The van der Waals surface area contributed by atoms with Gasteiger partial charge in [0.05, 0.1) is 24.8 Å². The second-order valence-corrected chi connectivity index (χ2v) is 3.38. The highest BCUT2D eigenvalue weighted by atomic mass is 16.5. The first kappa shape index (κ1) is 12.2. The van der Waals surface area contributed by atoms with Crippen molar-refractivity contribution in [2.24, 2.45) is 5.73 Å². The molecule has 0 spiro atoms. The highest BCUT2D eigenvalue weighted by Gasteiger charge is 2.31. The molecule has 1 amide bonds. The number of rotatable bonds is 6. The van der Waals surface area contributed by atoms with Crippen molar-refractivity contribution in [2.75, 3.05) is 20.3 Å². The van der Waals surface area contributed by atoms with Crippen LogP contribution in [-0.4, -0.2) is 44.4 Å². The largest absolute Gasteiger partial charge is 0.376 e. The molecule has 0 aromatic heterocycles. The zero-order chi connectivity index (χ0) is 11.3. The molecule has 0 fully saturated rings. The van der Waals surface area contributed by atoms with Crippen LogP contribution >= 0.6 is 0 Å². The first-order valence-corrected chi connectivity index (χ1v) is 5.03. The Labute approximate surface area is 89.6 Å². The number of carbonyl (C=O) groups is 1. The lowest BCUT2D eigenvalue weighted by Gasteiger charge is -2.24. The van der Waals surface area contributed by atoms with Crippen LogP contribution in [0.2, 0.25) is 0 Å². The van der Waals surface area contributed by atoms with E-state index in [1.165, 1.54) is 0 Å². The molecule has 86 valence electrons. The molecule has 1 aliphatic rings. The quantitative estimate of drug-likeness (QED) is 0.580. The summed E-state index contributed by atoms with van der Waals surface area (Å²) in [6, 6.07) is -0.0394. The molecule has 0 aromatic carbocycles. The predicted octanol–water partition coefficient (Wildman–Crippen LogP) is -0.580. The summed E-state index contributed by atoms with van der Waals surface area (Å²) in [5.74, 6) is -0.382. The molecule has 0 bridgehead atoms. The molecule has 0 heterocycles. The molecule has 3 N–H and O–H groups in total. The molecule has 0 radical (unpaired) electrons.